The zero-order valence-corrected chi connectivity index (χ0v) is 10.0. The molecule has 0 bridgehead atoms. The van der Waals surface area contributed by atoms with Crippen molar-refractivity contribution in [3.8, 4) is 0 Å². The third-order valence-electron chi connectivity index (χ3n) is 3.94. The van der Waals surface area contributed by atoms with E-state index in [1.54, 1.807) is 0 Å². The Morgan fingerprint density at radius 2 is 1.93 bits per heavy atom. The summed E-state index contributed by atoms with van der Waals surface area (Å²) in [4.78, 5) is 0. The van der Waals surface area contributed by atoms with Crippen molar-refractivity contribution < 1.29 is 4.74 Å². The Labute approximate surface area is 93.8 Å². The monoisotopic (exact) mass is 211 g/mol. The van der Waals surface area contributed by atoms with Gasteiger partial charge in [-0.3, -0.25) is 0 Å². The molecular weight excluding hydrogens is 186 g/mol. The zero-order valence-electron chi connectivity index (χ0n) is 10.0. The maximum absolute atomic E-state index is 5.39. The van der Waals surface area contributed by atoms with Gasteiger partial charge < -0.3 is 10.1 Å². The highest BCUT2D eigenvalue weighted by molar-refractivity contribution is 4.77. The minimum Gasteiger partial charge on any atom is -0.381 e. The fourth-order valence-corrected chi connectivity index (χ4v) is 2.61. The van der Waals surface area contributed by atoms with Crippen molar-refractivity contribution >= 4 is 0 Å². The highest BCUT2D eigenvalue weighted by Gasteiger charge is 2.19. The molecule has 88 valence electrons. The number of hydrogen-bond donors (Lipinski definition) is 1. The molecule has 1 N–H and O–H groups in total. The van der Waals surface area contributed by atoms with Crippen LogP contribution in [0.5, 0.6) is 0 Å². The highest BCUT2D eigenvalue weighted by Crippen LogP contribution is 2.23. The van der Waals surface area contributed by atoms with Crippen molar-refractivity contribution in [3.05, 3.63) is 0 Å². The second kappa shape index (κ2) is 5.86. The SMILES string of the molecule is CC(CNC1CCC1)CC1CCOCC1. The number of rotatable bonds is 5. The van der Waals surface area contributed by atoms with Gasteiger partial charge in [0, 0.05) is 19.3 Å². The van der Waals surface area contributed by atoms with Crippen LogP contribution in [0.25, 0.3) is 0 Å². The molecule has 1 saturated heterocycles. The Bertz CT molecular complexity index is 173. The standard InChI is InChI=1S/C13H25NO/c1-11(10-14-13-3-2-4-13)9-12-5-7-15-8-6-12/h11-14H,2-10H2,1H3. The molecule has 1 aliphatic heterocycles. The number of hydrogen-bond acceptors (Lipinski definition) is 2. The molecule has 0 aromatic heterocycles. The van der Waals surface area contributed by atoms with Gasteiger partial charge in [-0.15, -0.1) is 0 Å². The molecule has 1 atom stereocenters. The maximum Gasteiger partial charge on any atom is 0.0468 e. The van der Waals surface area contributed by atoms with Crippen molar-refractivity contribution in [2.24, 2.45) is 11.8 Å². The van der Waals surface area contributed by atoms with Crippen LogP contribution in [0.3, 0.4) is 0 Å². The summed E-state index contributed by atoms with van der Waals surface area (Å²) in [6.07, 6.45) is 8.21. The van der Waals surface area contributed by atoms with Crippen LogP contribution in [0.1, 0.15) is 45.4 Å². The fourth-order valence-electron chi connectivity index (χ4n) is 2.61. The zero-order chi connectivity index (χ0) is 10.5. The smallest absolute Gasteiger partial charge is 0.0468 e. The van der Waals surface area contributed by atoms with Crippen LogP contribution >= 0.6 is 0 Å². The molecule has 0 amide bonds. The van der Waals surface area contributed by atoms with Gasteiger partial charge in [-0.05, 0) is 50.5 Å². The van der Waals surface area contributed by atoms with Gasteiger partial charge in [0.2, 0.25) is 0 Å². The van der Waals surface area contributed by atoms with Crippen LogP contribution in [0.15, 0.2) is 0 Å². The van der Waals surface area contributed by atoms with E-state index in [-0.39, 0.29) is 0 Å². The summed E-state index contributed by atoms with van der Waals surface area (Å²) in [5.74, 6) is 1.77. The van der Waals surface area contributed by atoms with E-state index in [2.05, 4.69) is 12.2 Å². The van der Waals surface area contributed by atoms with Crippen molar-refractivity contribution in [1.82, 2.24) is 5.32 Å². The number of ether oxygens (including phenoxy) is 1. The van der Waals surface area contributed by atoms with Gasteiger partial charge in [0.25, 0.3) is 0 Å². The lowest BCUT2D eigenvalue weighted by atomic mass is 9.88. The topological polar surface area (TPSA) is 21.3 Å². The molecule has 2 aliphatic rings. The molecule has 2 heteroatoms. The van der Waals surface area contributed by atoms with Gasteiger partial charge in [-0.2, -0.15) is 0 Å². The normalized spacial score (nSPS) is 26.2. The molecule has 1 heterocycles. The largest absolute Gasteiger partial charge is 0.381 e. The minimum absolute atomic E-state index is 0.841. The van der Waals surface area contributed by atoms with Gasteiger partial charge in [-0.1, -0.05) is 13.3 Å². The van der Waals surface area contributed by atoms with Crippen LogP contribution in [-0.4, -0.2) is 25.8 Å². The summed E-state index contributed by atoms with van der Waals surface area (Å²) in [6, 6.07) is 0.849. The summed E-state index contributed by atoms with van der Waals surface area (Å²) in [5, 5.41) is 3.68. The lowest BCUT2D eigenvalue weighted by Crippen LogP contribution is -2.38. The summed E-state index contributed by atoms with van der Waals surface area (Å²) >= 11 is 0. The average molecular weight is 211 g/mol. The molecule has 2 nitrogen and oxygen atoms in total. The molecule has 1 saturated carbocycles. The first-order valence-corrected chi connectivity index (χ1v) is 6.65. The molecule has 0 radical (unpaired) electrons. The molecule has 2 rings (SSSR count). The van der Waals surface area contributed by atoms with E-state index in [1.165, 1.54) is 45.1 Å². The van der Waals surface area contributed by atoms with Crippen LogP contribution in [0.4, 0.5) is 0 Å². The van der Waals surface area contributed by atoms with Crippen LogP contribution in [0, 0.1) is 11.8 Å². The van der Waals surface area contributed by atoms with Gasteiger partial charge in [0.1, 0.15) is 0 Å². The Hall–Kier alpha value is -0.0800. The lowest BCUT2D eigenvalue weighted by molar-refractivity contribution is 0.0591. The first kappa shape index (κ1) is 11.4. The van der Waals surface area contributed by atoms with Crippen LogP contribution in [-0.2, 0) is 4.74 Å². The second-order valence-corrected chi connectivity index (χ2v) is 5.43. The Morgan fingerprint density at radius 1 is 1.20 bits per heavy atom. The summed E-state index contributed by atoms with van der Waals surface area (Å²) < 4.78 is 5.39. The Kier molecular flexibility index (Phi) is 4.45. The van der Waals surface area contributed by atoms with E-state index < -0.39 is 0 Å². The van der Waals surface area contributed by atoms with Crippen molar-refractivity contribution in [2.75, 3.05) is 19.8 Å². The lowest BCUT2D eigenvalue weighted by Gasteiger charge is -2.30. The molecule has 1 unspecified atom stereocenters. The maximum atomic E-state index is 5.39. The van der Waals surface area contributed by atoms with Gasteiger partial charge in [0.05, 0.1) is 0 Å². The second-order valence-electron chi connectivity index (χ2n) is 5.43. The summed E-state index contributed by atoms with van der Waals surface area (Å²) in [6.45, 7) is 5.60. The predicted octanol–water partition coefficient (Wildman–Crippen LogP) is 2.58. The van der Waals surface area contributed by atoms with Gasteiger partial charge in [0.15, 0.2) is 0 Å². The number of nitrogens with one attached hydrogen (secondary N) is 1. The van der Waals surface area contributed by atoms with E-state index >= 15 is 0 Å². The van der Waals surface area contributed by atoms with E-state index in [0.717, 1.165) is 31.1 Å². The van der Waals surface area contributed by atoms with E-state index in [0.29, 0.717) is 0 Å². The van der Waals surface area contributed by atoms with Crippen molar-refractivity contribution in [3.63, 3.8) is 0 Å². The molecule has 2 fully saturated rings. The molecule has 15 heavy (non-hydrogen) atoms. The summed E-state index contributed by atoms with van der Waals surface area (Å²) in [5.41, 5.74) is 0. The molecule has 0 spiro atoms. The van der Waals surface area contributed by atoms with Crippen molar-refractivity contribution in [1.29, 1.82) is 0 Å². The highest BCUT2D eigenvalue weighted by atomic mass is 16.5. The summed E-state index contributed by atoms with van der Waals surface area (Å²) in [7, 11) is 0. The van der Waals surface area contributed by atoms with E-state index in [9.17, 15) is 0 Å². The van der Waals surface area contributed by atoms with E-state index in [1.807, 2.05) is 0 Å². The first-order valence-electron chi connectivity index (χ1n) is 6.65. The molecule has 0 aromatic carbocycles. The molecular formula is C13H25NO. The van der Waals surface area contributed by atoms with Crippen LogP contribution in [0.2, 0.25) is 0 Å². The Balaban J connectivity index is 1.56. The molecule has 0 aromatic rings. The fraction of sp³-hybridized carbons (Fsp3) is 1.00. The Morgan fingerprint density at radius 3 is 2.53 bits per heavy atom. The van der Waals surface area contributed by atoms with Crippen molar-refractivity contribution in [2.45, 2.75) is 51.5 Å². The van der Waals surface area contributed by atoms with E-state index in [4.69, 9.17) is 4.74 Å². The third kappa shape index (κ3) is 3.76. The average Bonchev–Trinajstić information content (AvgIpc) is 2.17. The third-order valence-corrected chi connectivity index (χ3v) is 3.94. The molecule has 1 aliphatic carbocycles. The predicted molar refractivity (Wildman–Crippen MR) is 63.0 cm³/mol. The first-order chi connectivity index (χ1) is 7.34. The minimum atomic E-state index is 0.841. The van der Waals surface area contributed by atoms with Gasteiger partial charge >= 0.3 is 0 Å². The van der Waals surface area contributed by atoms with Crippen LogP contribution < -0.4 is 5.32 Å². The quantitative estimate of drug-likeness (QED) is 0.754. The van der Waals surface area contributed by atoms with Gasteiger partial charge in [-0.25, -0.2) is 0 Å².